The summed E-state index contributed by atoms with van der Waals surface area (Å²) in [6, 6.07) is 4.62. The lowest BCUT2D eigenvalue weighted by molar-refractivity contribution is -0.384. The molecule has 156 valence electrons. The Morgan fingerprint density at radius 1 is 1.24 bits per heavy atom. The normalized spacial score (nSPS) is 20.8. The number of rotatable bonds is 6. The molecule has 1 aromatic carbocycles. The van der Waals surface area contributed by atoms with Gasteiger partial charge in [-0.1, -0.05) is 0 Å². The molecule has 0 aliphatic carbocycles. The summed E-state index contributed by atoms with van der Waals surface area (Å²) in [5.74, 6) is -0.521. The average Bonchev–Trinajstić information content (AvgIpc) is 2.69. The number of amides is 2. The first-order chi connectivity index (χ1) is 13.9. The fraction of sp³-hybridized carbons (Fsp3) is 0.474. The fourth-order valence-corrected chi connectivity index (χ4v) is 3.46. The first-order valence-electron chi connectivity index (χ1n) is 9.52. The minimum Gasteiger partial charge on any atom is -0.463 e. The molecule has 0 saturated carbocycles. The molecule has 2 heterocycles. The third-order valence-corrected chi connectivity index (χ3v) is 5.06. The van der Waals surface area contributed by atoms with Gasteiger partial charge in [-0.15, -0.1) is 0 Å². The Morgan fingerprint density at radius 2 is 1.90 bits per heavy atom. The minimum absolute atomic E-state index is 0.0617. The molecule has 0 aromatic heterocycles. The molecule has 10 heteroatoms. The standard InChI is InChI=1S/C19H25N5O5/c1-3-29-18(25)16-15(12-23-10-8-22(2)9-11-23)20-19(26)21-17(16)13-4-6-14(7-5-13)24(27)28/h4-7,17H,3,8-12H2,1-2H3,(H2,20,21,26)/t17-/m0/s1. The minimum atomic E-state index is -0.744. The Bertz CT molecular complexity index is 815. The molecule has 2 aliphatic heterocycles. The van der Waals surface area contributed by atoms with Gasteiger partial charge in [0.05, 0.1) is 23.1 Å². The number of esters is 1. The molecular formula is C19H25N5O5. The largest absolute Gasteiger partial charge is 0.463 e. The summed E-state index contributed by atoms with van der Waals surface area (Å²) in [5.41, 5.74) is 1.33. The number of hydrogen-bond acceptors (Lipinski definition) is 7. The maximum absolute atomic E-state index is 12.8. The molecule has 0 spiro atoms. The number of carbonyl (C=O) groups is 2. The van der Waals surface area contributed by atoms with Crippen molar-refractivity contribution in [3.8, 4) is 0 Å². The second kappa shape index (κ2) is 9.01. The van der Waals surface area contributed by atoms with Crippen molar-refractivity contribution in [2.45, 2.75) is 13.0 Å². The van der Waals surface area contributed by atoms with Crippen LogP contribution in [-0.2, 0) is 9.53 Å². The average molecular weight is 403 g/mol. The number of nitro benzene ring substituents is 1. The van der Waals surface area contributed by atoms with E-state index in [1.54, 1.807) is 19.1 Å². The highest BCUT2D eigenvalue weighted by atomic mass is 16.6. The predicted octanol–water partition coefficient (Wildman–Crippen LogP) is 1.01. The highest BCUT2D eigenvalue weighted by molar-refractivity contribution is 5.95. The molecular weight excluding hydrogens is 378 g/mol. The zero-order chi connectivity index (χ0) is 21.0. The second-order valence-corrected chi connectivity index (χ2v) is 7.07. The van der Waals surface area contributed by atoms with Gasteiger partial charge in [0.25, 0.3) is 5.69 Å². The van der Waals surface area contributed by atoms with Crippen LogP contribution in [0, 0.1) is 10.1 Å². The predicted molar refractivity (Wildman–Crippen MR) is 105 cm³/mol. The van der Waals surface area contributed by atoms with Crippen molar-refractivity contribution in [3.63, 3.8) is 0 Å². The summed E-state index contributed by atoms with van der Waals surface area (Å²) in [5, 5.41) is 16.4. The van der Waals surface area contributed by atoms with Crippen LogP contribution in [0.15, 0.2) is 35.5 Å². The van der Waals surface area contributed by atoms with Gasteiger partial charge in [-0.3, -0.25) is 15.0 Å². The van der Waals surface area contributed by atoms with E-state index in [0.29, 0.717) is 23.4 Å². The van der Waals surface area contributed by atoms with Gasteiger partial charge in [0.2, 0.25) is 0 Å². The molecule has 3 rings (SSSR count). The van der Waals surface area contributed by atoms with Gasteiger partial charge in [0, 0.05) is 50.6 Å². The molecule has 1 fully saturated rings. The van der Waals surface area contributed by atoms with Gasteiger partial charge in [0.15, 0.2) is 0 Å². The first kappa shape index (κ1) is 20.7. The number of non-ortho nitro benzene ring substituents is 1. The number of urea groups is 1. The van der Waals surface area contributed by atoms with E-state index in [1.165, 1.54) is 12.1 Å². The van der Waals surface area contributed by atoms with Crippen LogP contribution < -0.4 is 10.6 Å². The van der Waals surface area contributed by atoms with Gasteiger partial charge in [-0.25, -0.2) is 9.59 Å². The van der Waals surface area contributed by atoms with Crippen LogP contribution in [0.2, 0.25) is 0 Å². The molecule has 1 aromatic rings. The topological polar surface area (TPSA) is 117 Å². The van der Waals surface area contributed by atoms with E-state index in [-0.39, 0.29) is 12.3 Å². The summed E-state index contributed by atoms with van der Waals surface area (Å²) in [4.78, 5) is 39.9. The molecule has 10 nitrogen and oxygen atoms in total. The Morgan fingerprint density at radius 3 is 2.48 bits per heavy atom. The number of nitro groups is 1. The highest BCUT2D eigenvalue weighted by Gasteiger charge is 2.34. The zero-order valence-corrected chi connectivity index (χ0v) is 16.5. The van der Waals surface area contributed by atoms with Crippen LogP contribution in [0.25, 0.3) is 0 Å². The number of ether oxygens (including phenoxy) is 1. The van der Waals surface area contributed by atoms with Crippen molar-refractivity contribution in [2.75, 3.05) is 46.4 Å². The lowest BCUT2D eigenvalue weighted by Crippen LogP contribution is -2.51. The number of carbonyl (C=O) groups excluding carboxylic acids is 2. The van der Waals surface area contributed by atoms with Crippen molar-refractivity contribution in [3.05, 3.63) is 51.2 Å². The van der Waals surface area contributed by atoms with E-state index in [2.05, 4.69) is 27.5 Å². The van der Waals surface area contributed by atoms with Crippen molar-refractivity contribution < 1.29 is 19.2 Å². The molecule has 0 bridgehead atoms. The van der Waals surface area contributed by atoms with E-state index >= 15 is 0 Å². The fourth-order valence-electron chi connectivity index (χ4n) is 3.46. The number of hydrogen-bond donors (Lipinski definition) is 2. The Hall–Kier alpha value is -2.98. The maximum atomic E-state index is 12.8. The van der Waals surface area contributed by atoms with Gasteiger partial charge >= 0.3 is 12.0 Å². The molecule has 2 amide bonds. The van der Waals surface area contributed by atoms with Gasteiger partial charge in [-0.05, 0) is 31.7 Å². The van der Waals surface area contributed by atoms with Crippen LogP contribution in [0.1, 0.15) is 18.5 Å². The lowest BCUT2D eigenvalue weighted by Gasteiger charge is -2.35. The zero-order valence-electron chi connectivity index (χ0n) is 16.5. The van der Waals surface area contributed by atoms with E-state index in [1.807, 2.05) is 0 Å². The Kier molecular flexibility index (Phi) is 6.45. The Labute approximate surface area is 168 Å². The van der Waals surface area contributed by atoms with Gasteiger partial charge in [0.1, 0.15) is 0 Å². The number of likely N-dealkylation sites (N-methyl/N-ethyl adjacent to an activating group) is 1. The van der Waals surface area contributed by atoms with E-state index in [9.17, 15) is 19.7 Å². The van der Waals surface area contributed by atoms with Gasteiger partial charge in [-0.2, -0.15) is 0 Å². The van der Waals surface area contributed by atoms with Crippen LogP contribution >= 0.6 is 0 Å². The number of nitrogens with zero attached hydrogens (tertiary/aromatic N) is 3. The first-order valence-corrected chi connectivity index (χ1v) is 9.52. The Balaban J connectivity index is 1.95. The molecule has 1 atom stereocenters. The molecule has 0 radical (unpaired) electrons. The third-order valence-electron chi connectivity index (χ3n) is 5.06. The van der Waals surface area contributed by atoms with E-state index in [4.69, 9.17) is 4.74 Å². The van der Waals surface area contributed by atoms with Crippen LogP contribution in [-0.4, -0.2) is 73.1 Å². The number of benzene rings is 1. The molecule has 1 saturated heterocycles. The van der Waals surface area contributed by atoms with E-state index < -0.39 is 23.0 Å². The molecule has 2 N–H and O–H groups in total. The monoisotopic (exact) mass is 403 g/mol. The molecule has 2 aliphatic rings. The quantitative estimate of drug-likeness (QED) is 0.414. The highest BCUT2D eigenvalue weighted by Crippen LogP contribution is 2.29. The summed E-state index contributed by atoms with van der Waals surface area (Å²) >= 11 is 0. The van der Waals surface area contributed by atoms with Crippen molar-refractivity contribution >= 4 is 17.7 Å². The van der Waals surface area contributed by atoms with Gasteiger partial charge < -0.3 is 20.3 Å². The lowest BCUT2D eigenvalue weighted by atomic mass is 9.94. The van der Waals surface area contributed by atoms with Crippen LogP contribution in [0.5, 0.6) is 0 Å². The van der Waals surface area contributed by atoms with E-state index in [0.717, 1.165) is 26.2 Å². The van der Waals surface area contributed by atoms with Crippen molar-refractivity contribution in [1.82, 2.24) is 20.4 Å². The van der Waals surface area contributed by atoms with Crippen molar-refractivity contribution in [1.29, 1.82) is 0 Å². The molecule has 0 unspecified atom stereocenters. The second-order valence-electron chi connectivity index (χ2n) is 7.07. The van der Waals surface area contributed by atoms with Crippen LogP contribution in [0.4, 0.5) is 10.5 Å². The number of piperazine rings is 1. The SMILES string of the molecule is CCOC(=O)C1=C(CN2CCN(C)CC2)NC(=O)N[C@H]1c1ccc([N+](=O)[O-])cc1. The smallest absolute Gasteiger partial charge is 0.338 e. The summed E-state index contributed by atoms with van der Waals surface area (Å²) < 4.78 is 5.24. The van der Waals surface area contributed by atoms with Crippen LogP contribution in [0.3, 0.4) is 0 Å². The summed E-state index contributed by atoms with van der Waals surface area (Å²) in [6.07, 6.45) is 0. The third kappa shape index (κ3) is 4.90. The summed E-state index contributed by atoms with van der Waals surface area (Å²) in [7, 11) is 2.05. The molecule has 29 heavy (non-hydrogen) atoms. The van der Waals surface area contributed by atoms with Crippen molar-refractivity contribution in [2.24, 2.45) is 0 Å². The summed E-state index contributed by atoms with van der Waals surface area (Å²) in [6.45, 7) is 5.78. The maximum Gasteiger partial charge on any atom is 0.338 e. The number of nitrogens with one attached hydrogen (secondary N) is 2.